The van der Waals surface area contributed by atoms with Crippen molar-refractivity contribution in [3.8, 4) is 0 Å². The molecule has 0 aliphatic carbocycles. The third kappa shape index (κ3) is 6.14. The summed E-state index contributed by atoms with van der Waals surface area (Å²) in [6.45, 7) is 2.72. The molecule has 2 aromatic rings. The lowest BCUT2D eigenvalue weighted by molar-refractivity contribution is -0.122. The van der Waals surface area contributed by atoms with E-state index in [4.69, 9.17) is 11.6 Å². The zero-order valence-electron chi connectivity index (χ0n) is 15.7. The summed E-state index contributed by atoms with van der Waals surface area (Å²) in [5.74, 6) is -0.628. The largest absolute Gasteiger partial charge is 0.353 e. The van der Waals surface area contributed by atoms with Crippen LogP contribution in [0, 0.1) is 5.82 Å². The second-order valence-corrected chi connectivity index (χ2v) is 7.61. The van der Waals surface area contributed by atoms with Gasteiger partial charge in [-0.2, -0.15) is 0 Å². The van der Waals surface area contributed by atoms with Crippen LogP contribution in [0.15, 0.2) is 48.5 Å². The van der Waals surface area contributed by atoms with Crippen LogP contribution in [0.25, 0.3) is 0 Å². The number of nitrogens with one attached hydrogen (secondary N) is 1. The Morgan fingerprint density at radius 3 is 2.29 bits per heavy atom. The minimum atomic E-state index is -0.378. The molecular formula is C22H24ClFN2O2. The Labute approximate surface area is 169 Å². The van der Waals surface area contributed by atoms with Crippen LogP contribution in [0.3, 0.4) is 0 Å². The molecule has 1 aliphatic rings. The lowest BCUT2D eigenvalue weighted by Crippen LogP contribution is -2.44. The van der Waals surface area contributed by atoms with Crippen molar-refractivity contribution in [1.82, 2.24) is 10.2 Å². The highest BCUT2D eigenvalue weighted by molar-refractivity contribution is 6.30. The molecule has 148 valence electrons. The lowest BCUT2D eigenvalue weighted by Gasteiger charge is -2.32. The van der Waals surface area contributed by atoms with E-state index < -0.39 is 0 Å². The van der Waals surface area contributed by atoms with Crippen molar-refractivity contribution >= 4 is 23.3 Å². The summed E-state index contributed by atoms with van der Waals surface area (Å²) in [6.07, 6.45) is 2.07. The molecule has 0 atom stereocenters. The van der Waals surface area contributed by atoms with Gasteiger partial charge in [0.05, 0.1) is 0 Å². The van der Waals surface area contributed by atoms with Gasteiger partial charge < -0.3 is 5.32 Å². The van der Waals surface area contributed by atoms with Crippen molar-refractivity contribution in [1.29, 1.82) is 0 Å². The van der Waals surface area contributed by atoms with E-state index in [1.165, 1.54) is 29.8 Å². The van der Waals surface area contributed by atoms with Gasteiger partial charge in [0.15, 0.2) is 5.78 Å². The molecule has 1 amide bonds. The number of benzene rings is 2. The van der Waals surface area contributed by atoms with Gasteiger partial charge in [0.2, 0.25) is 5.91 Å². The first kappa shape index (κ1) is 20.5. The number of hydrogen-bond acceptors (Lipinski definition) is 3. The lowest BCUT2D eigenvalue weighted by atomic mass is 10.0. The minimum absolute atomic E-state index is 0.105. The SMILES string of the molecule is O=C(CCC(=O)c1ccc(F)cc1)NC1CCN(Cc2ccc(Cl)cc2)CC1. The summed E-state index contributed by atoms with van der Waals surface area (Å²) in [6, 6.07) is 13.4. The molecular weight excluding hydrogens is 379 g/mol. The second-order valence-electron chi connectivity index (χ2n) is 7.17. The molecule has 1 saturated heterocycles. The van der Waals surface area contributed by atoms with Gasteiger partial charge in [-0.05, 0) is 54.8 Å². The summed E-state index contributed by atoms with van der Waals surface area (Å²) in [7, 11) is 0. The van der Waals surface area contributed by atoms with Gasteiger partial charge in [-0.1, -0.05) is 23.7 Å². The van der Waals surface area contributed by atoms with Crippen LogP contribution in [0.4, 0.5) is 4.39 Å². The number of likely N-dealkylation sites (tertiary alicyclic amines) is 1. The fraction of sp³-hybridized carbons (Fsp3) is 0.364. The molecule has 2 aromatic carbocycles. The zero-order valence-corrected chi connectivity index (χ0v) is 16.4. The molecule has 1 aliphatic heterocycles. The van der Waals surface area contributed by atoms with Crippen molar-refractivity contribution < 1.29 is 14.0 Å². The van der Waals surface area contributed by atoms with Gasteiger partial charge in [-0.25, -0.2) is 4.39 Å². The molecule has 1 fully saturated rings. The third-order valence-corrected chi connectivity index (χ3v) is 5.27. The Bertz CT molecular complexity index is 800. The van der Waals surface area contributed by atoms with Crippen LogP contribution in [0.1, 0.15) is 41.6 Å². The number of amides is 1. The molecule has 0 bridgehead atoms. The van der Waals surface area contributed by atoms with Crippen molar-refractivity contribution in [2.75, 3.05) is 13.1 Å². The number of hydrogen-bond donors (Lipinski definition) is 1. The summed E-state index contributed by atoms with van der Waals surface area (Å²) in [5, 5.41) is 3.77. The van der Waals surface area contributed by atoms with Crippen LogP contribution in [0.5, 0.6) is 0 Å². The maximum Gasteiger partial charge on any atom is 0.220 e. The average molecular weight is 403 g/mol. The number of piperidine rings is 1. The number of carbonyl (C=O) groups is 2. The Kier molecular flexibility index (Phi) is 7.18. The normalized spacial score (nSPS) is 15.4. The molecule has 6 heteroatoms. The number of Topliss-reactive ketones (excluding diaryl/α,β-unsaturated/α-hetero) is 1. The van der Waals surface area contributed by atoms with Crippen LogP contribution >= 0.6 is 11.6 Å². The molecule has 0 unspecified atom stereocenters. The molecule has 0 aromatic heterocycles. The average Bonchev–Trinajstić information content (AvgIpc) is 2.70. The third-order valence-electron chi connectivity index (χ3n) is 5.02. The van der Waals surface area contributed by atoms with Crippen molar-refractivity contribution in [2.24, 2.45) is 0 Å². The highest BCUT2D eigenvalue weighted by atomic mass is 35.5. The van der Waals surface area contributed by atoms with Gasteiger partial charge in [0.25, 0.3) is 0 Å². The van der Waals surface area contributed by atoms with Crippen molar-refractivity contribution in [2.45, 2.75) is 38.3 Å². The molecule has 0 spiro atoms. The predicted octanol–water partition coefficient (Wildman–Crippen LogP) is 4.22. The quantitative estimate of drug-likeness (QED) is 0.705. The molecule has 1 N–H and O–H groups in total. The summed E-state index contributed by atoms with van der Waals surface area (Å²) < 4.78 is 12.9. The first-order valence-electron chi connectivity index (χ1n) is 9.54. The van der Waals surface area contributed by atoms with Gasteiger partial charge in [0.1, 0.15) is 5.82 Å². The maximum absolute atomic E-state index is 12.9. The van der Waals surface area contributed by atoms with Gasteiger partial charge in [-0.15, -0.1) is 0 Å². The van der Waals surface area contributed by atoms with E-state index in [0.29, 0.717) is 5.56 Å². The summed E-state index contributed by atoms with van der Waals surface area (Å²) in [4.78, 5) is 26.6. The molecule has 3 rings (SSSR count). The van der Waals surface area contributed by atoms with E-state index in [0.717, 1.165) is 37.5 Å². The molecule has 1 heterocycles. The highest BCUT2D eigenvalue weighted by Gasteiger charge is 2.21. The van der Waals surface area contributed by atoms with Crippen molar-refractivity contribution in [3.63, 3.8) is 0 Å². The Hall–Kier alpha value is -2.24. The molecule has 4 nitrogen and oxygen atoms in total. The van der Waals surface area contributed by atoms with Crippen LogP contribution < -0.4 is 5.32 Å². The number of carbonyl (C=O) groups excluding carboxylic acids is 2. The number of ketones is 1. The van der Waals surface area contributed by atoms with E-state index >= 15 is 0 Å². The summed E-state index contributed by atoms with van der Waals surface area (Å²) >= 11 is 5.92. The topological polar surface area (TPSA) is 49.4 Å². The summed E-state index contributed by atoms with van der Waals surface area (Å²) in [5.41, 5.74) is 1.66. The smallest absolute Gasteiger partial charge is 0.220 e. The van der Waals surface area contributed by atoms with Gasteiger partial charge in [-0.3, -0.25) is 14.5 Å². The van der Waals surface area contributed by atoms with E-state index in [2.05, 4.69) is 10.2 Å². The second kappa shape index (κ2) is 9.80. The zero-order chi connectivity index (χ0) is 19.9. The van der Waals surface area contributed by atoms with E-state index in [1.54, 1.807) is 0 Å². The Morgan fingerprint density at radius 2 is 1.64 bits per heavy atom. The van der Waals surface area contributed by atoms with Gasteiger partial charge >= 0.3 is 0 Å². The Balaban J connectivity index is 1.37. The monoisotopic (exact) mass is 402 g/mol. The maximum atomic E-state index is 12.9. The van der Waals surface area contributed by atoms with Gasteiger partial charge in [0, 0.05) is 49.1 Å². The number of halogens is 2. The first-order chi connectivity index (χ1) is 13.5. The fourth-order valence-electron chi connectivity index (χ4n) is 3.39. The van der Waals surface area contributed by atoms with E-state index in [9.17, 15) is 14.0 Å². The molecule has 0 saturated carbocycles. The minimum Gasteiger partial charge on any atom is -0.353 e. The van der Waals surface area contributed by atoms with Crippen LogP contribution in [-0.2, 0) is 11.3 Å². The van der Waals surface area contributed by atoms with E-state index in [1.807, 2.05) is 24.3 Å². The highest BCUT2D eigenvalue weighted by Crippen LogP contribution is 2.16. The first-order valence-corrected chi connectivity index (χ1v) is 9.92. The number of nitrogens with zero attached hydrogens (tertiary/aromatic N) is 1. The fourth-order valence-corrected chi connectivity index (χ4v) is 3.52. The molecule has 0 radical (unpaired) electrons. The van der Waals surface area contributed by atoms with Crippen LogP contribution in [0.2, 0.25) is 5.02 Å². The molecule has 28 heavy (non-hydrogen) atoms. The van der Waals surface area contributed by atoms with E-state index in [-0.39, 0.29) is 36.4 Å². The number of rotatable bonds is 7. The Morgan fingerprint density at radius 1 is 1.00 bits per heavy atom. The van der Waals surface area contributed by atoms with Crippen molar-refractivity contribution in [3.05, 3.63) is 70.5 Å². The standard InChI is InChI=1S/C22H24ClFN2O2/c23-18-5-1-16(2-6-18)15-26-13-11-20(12-14-26)25-22(28)10-9-21(27)17-3-7-19(24)8-4-17/h1-8,20H,9-15H2,(H,25,28). The predicted molar refractivity (Wildman–Crippen MR) is 108 cm³/mol. The van der Waals surface area contributed by atoms with Crippen LogP contribution in [-0.4, -0.2) is 35.7 Å².